The number of nitriles is 1. The molecule has 0 unspecified atom stereocenters. The molecule has 3 rings (SSSR count). The summed E-state index contributed by atoms with van der Waals surface area (Å²) in [5, 5.41) is 11.6. The monoisotopic (exact) mass is 311 g/mol. The summed E-state index contributed by atoms with van der Waals surface area (Å²) in [5.74, 6) is -0.00378. The Morgan fingerprint density at radius 2 is 2.14 bits per heavy atom. The highest BCUT2D eigenvalue weighted by Gasteiger charge is 2.13. The first-order valence-corrected chi connectivity index (χ1v) is 6.87. The van der Waals surface area contributed by atoms with E-state index in [1.807, 2.05) is 24.3 Å². The van der Waals surface area contributed by atoms with Crippen LogP contribution in [0.3, 0.4) is 0 Å². The Kier molecular flexibility index (Phi) is 3.77. The third kappa shape index (κ3) is 2.78. The van der Waals surface area contributed by atoms with Gasteiger partial charge in [-0.3, -0.25) is 4.79 Å². The van der Waals surface area contributed by atoms with Gasteiger partial charge in [0.25, 0.3) is 0 Å². The third-order valence-corrected chi connectivity index (χ3v) is 3.34. The van der Waals surface area contributed by atoms with Gasteiger partial charge in [0.05, 0.1) is 16.7 Å². The minimum absolute atomic E-state index is 0.207. The Labute approximate surface area is 131 Å². The van der Waals surface area contributed by atoms with Crippen LogP contribution in [0.2, 0.25) is 5.02 Å². The highest BCUT2D eigenvalue weighted by molar-refractivity contribution is 6.33. The Morgan fingerprint density at radius 3 is 2.91 bits per heavy atom. The first-order chi connectivity index (χ1) is 10.7. The minimum atomic E-state index is -0.381. The molecular formula is C16H10ClN3O2. The van der Waals surface area contributed by atoms with E-state index in [1.54, 1.807) is 24.3 Å². The van der Waals surface area contributed by atoms with Crippen LogP contribution in [-0.2, 0) is 4.79 Å². The molecule has 108 valence electrons. The summed E-state index contributed by atoms with van der Waals surface area (Å²) in [6.45, 7) is 0. The predicted molar refractivity (Wildman–Crippen MR) is 83.3 cm³/mol. The molecule has 0 bridgehead atoms. The molecule has 3 aromatic rings. The quantitative estimate of drug-likeness (QED) is 0.793. The molecule has 0 radical (unpaired) electrons. The van der Waals surface area contributed by atoms with Crippen LogP contribution in [-0.4, -0.2) is 10.9 Å². The number of anilines is 1. The number of nitrogens with zero attached hydrogens (tertiary/aromatic N) is 2. The molecule has 22 heavy (non-hydrogen) atoms. The standard InChI is InChI=1S/C16H10ClN3O2/c17-12-6-5-10(19-15(21)7-8-18)9-11(12)16-20-13-3-1-2-4-14(13)22-16/h1-6,9H,7H2,(H,19,21). The summed E-state index contributed by atoms with van der Waals surface area (Å²) >= 11 is 6.19. The van der Waals surface area contributed by atoms with E-state index in [9.17, 15) is 4.79 Å². The van der Waals surface area contributed by atoms with E-state index < -0.39 is 0 Å². The second-order valence-electron chi connectivity index (χ2n) is 4.56. The first kappa shape index (κ1) is 14.1. The first-order valence-electron chi connectivity index (χ1n) is 6.49. The average molecular weight is 312 g/mol. The lowest BCUT2D eigenvalue weighted by molar-refractivity contribution is -0.115. The Hall–Kier alpha value is -2.84. The number of para-hydroxylation sites is 2. The van der Waals surface area contributed by atoms with Crippen LogP contribution in [0.1, 0.15) is 6.42 Å². The van der Waals surface area contributed by atoms with Crippen LogP contribution >= 0.6 is 11.6 Å². The highest BCUT2D eigenvalue weighted by Crippen LogP contribution is 2.32. The van der Waals surface area contributed by atoms with E-state index in [1.165, 1.54) is 0 Å². The van der Waals surface area contributed by atoms with Gasteiger partial charge in [-0.2, -0.15) is 5.26 Å². The maximum Gasteiger partial charge on any atom is 0.238 e. The van der Waals surface area contributed by atoms with Gasteiger partial charge in [0.2, 0.25) is 11.8 Å². The molecule has 0 spiro atoms. The number of carbonyl (C=O) groups is 1. The molecule has 0 atom stereocenters. The number of halogens is 1. The van der Waals surface area contributed by atoms with E-state index >= 15 is 0 Å². The molecule has 2 aromatic carbocycles. The number of aromatic nitrogens is 1. The number of rotatable bonds is 3. The van der Waals surface area contributed by atoms with Crippen molar-refractivity contribution in [3.8, 4) is 17.5 Å². The molecule has 1 aromatic heterocycles. The van der Waals surface area contributed by atoms with Crippen LogP contribution in [0.5, 0.6) is 0 Å². The number of carbonyl (C=O) groups excluding carboxylic acids is 1. The predicted octanol–water partition coefficient (Wildman–Crippen LogP) is 4.00. The molecule has 0 saturated carbocycles. The molecule has 0 aliphatic rings. The van der Waals surface area contributed by atoms with Crippen molar-refractivity contribution in [1.82, 2.24) is 4.98 Å². The Balaban J connectivity index is 1.99. The zero-order chi connectivity index (χ0) is 15.5. The van der Waals surface area contributed by atoms with Crippen molar-refractivity contribution in [1.29, 1.82) is 5.26 Å². The topological polar surface area (TPSA) is 78.9 Å². The molecule has 0 saturated heterocycles. The smallest absolute Gasteiger partial charge is 0.238 e. The summed E-state index contributed by atoms with van der Waals surface area (Å²) < 4.78 is 5.68. The molecular weight excluding hydrogens is 302 g/mol. The fourth-order valence-electron chi connectivity index (χ4n) is 2.03. The van der Waals surface area contributed by atoms with E-state index in [0.29, 0.717) is 27.7 Å². The van der Waals surface area contributed by atoms with E-state index in [2.05, 4.69) is 10.3 Å². The number of amides is 1. The SMILES string of the molecule is N#CCC(=O)Nc1ccc(Cl)c(-c2nc3ccccc3o2)c1. The van der Waals surface area contributed by atoms with Gasteiger partial charge in [0.1, 0.15) is 11.9 Å². The van der Waals surface area contributed by atoms with Crippen LogP contribution < -0.4 is 5.32 Å². The summed E-state index contributed by atoms with van der Waals surface area (Å²) in [7, 11) is 0. The number of oxazole rings is 1. The van der Waals surface area contributed by atoms with E-state index in [4.69, 9.17) is 21.3 Å². The minimum Gasteiger partial charge on any atom is -0.436 e. The van der Waals surface area contributed by atoms with Gasteiger partial charge < -0.3 is 9.73 Å². The van der Waals surface area contributed by atoms with Gasteiger partial charge in [-0.15, -0.1) is 0 Å². The Morgan fingerprint density at radius 1 is 1.32 bits per heavy atom. The molecule has 5 nitrogen and oxygen atoms in total. The zero-order valence-electron chi connectivity index (χ0n) is 11.3. The summed E-state index contributed by atoms with van der Waals surface area (Å²) in [6, 6.07) is 14.2. The lowest BCUT2D eigenvalue weighted by atomic mass is 10.2. The molecule has 0 aliphatic heterocycles. The van der Waals surface area contributed by atoms with Crippen molar-refractivity contribution < 1.29 is 9.21 Å². The zero-order valence-corrected chi connectivity index (χ0v) is 12.1. The largest absolute Gasteiger partial charge is 0.436 e. The second kappa shape index (κ2) is 5.88. The van der Waals surface area contributed by atoms with Gasteiger partial charge in [0.15, 0.2) is 5.58 Å². The van der Waals surface area contributed by atoms with Gasteiger partial charge in [0, 0.05) is 5.69 Å². The fourth-order valence-corrected chi connectivity index (χ4v) is 2.23. The van der Waals surface area contributed by atoms with Crippen molar-refractivity contribution in [2.24, 2.45) is 0 Å². The van der Waals surface area contributed by atoms with Crippen LogP contribution in [0, 0.1) is 11.3 Å². The van der Waals surface area contributed by atoms with Crippen molar-refractivity contribution >= 4 is 34.3 Å². The van der Waals surface area contributed by atoms with Gasteiger partial charge in [-0.05, 0) is 30.3 Å². The molecule has 1 N–H and O–H groups in total. The van der Waals surface area contributed by atoms with Crippen LogP contribution in [0.4, 0.5) is 5.69 Å². The normalized spacial score (nSPS) is 10.4. The maximum absolute atomic E-state index is 11.5. The van der Waals surface area contributed by atoms with E-state index in [-0.39, 0.29) is 12.3 Å². The molecule has 0 aliphatic carbocycles. The number of hydrogen-bond acceptors (Lipinski definition) is 4. The van der Waals surface area contributed by atoms with Crippen molar-refractivity contribution in [2.45, 2.75) is 6.42 Å². The fraction of sp³-hybridized carbons (Fsp3) is 0.0625. The van der Waals surface area contributed by atoms with Gasteiger partial charge in [-0.25, -0.2) is 4.98 Å². The number of benzene rings is 2. The summed E-state index contributed by atoms with van der Waals surface area (Å²) in [5.41, 5.74) is 2.49. The average Bonchev–Trinajstić information content (AvgIpc) is 2.93. The summed E-state index contributed by atoms with van der Waals surface area (Å²) in [4.78, 5) is 15.9. The van der Waals surface area contributed by atoms with Crippen molar-refractivity contribution in [3.05, 3.63) is 47.5 Å². The number of nitrogens with one attached hydrogen (secondary N) is 1. The highest BCUT2D eigenvalue weighted by atomic mass is 35.5. The maximum atomic E-state index is 11.5. The molecule has 6 heteroatoms. The molecule has 1 heterocycles. The number of fused-ring (bicyclic) bond motifs is 1. The molecule has 0 fully saturated rings. The van der Waals surface area contributed by atoms with Gasteiger partial charge in [-0.1, -0.05) is 23.7 Å². The van der Waals surface area contributed by atoms with Crippen LogP contribution in [0.15, 0.2) is 46.9 Å². The van der Waals surface area contributed by atoms with Crippen molar-refractivity contribution in [3.63, 3.8) is 0 Å². The van der Waals surface area contributed by atoms with Crippen molar-refractivity contribution in [2.75, 3.05) is 5.32 Å². The lowest BCUT2D eigenvalue weighted by Gasteiger charge is -2.05. The van der Waals surface area contributed by atoms with E-state index in [0.717, 1.165) is 5.52 Å². The van der Waals surface area contributed by atoms with Gasteiger partial charge >= 0.3 is 0 Å². The molecule has 1 amide bonds. The summed E-state index contributed by atoms with van der Waals surface area (Å²) in [6.07, 6.45) is -0.207. The second-order valence-corrected chi connectivity index (χ2v) is 4.97. The third-order valence-electron chi connectivity index (χ3n) is 3.01. The Bertz CT molecular complexity index is 863. The van der Waals surface area contributed by atoms with Crippen LogP contribution in [0.25, 0.3) is 22.6 Å². The number of hydrogen-bond donors (Lipinski definition) is 1. The lowest BCUT2D eigenvalue weighted by Crippen LogP contribution is -2.10.